The predicted molar refractivity (Wildman–Crippen MR) is 216 cm³/mol. The molecule has 0 bridgehead atoms. The zero-order valence-electron chi connectivity index (χ0n) is 31.0. The van der Waals surface area contributed by atoms with E-state index in [9.17, 15) is 19.9 Å². The van der Waals surface area contributed by atoms with Crippen LogP contribution in [-0.2, 0) is 35.9 Å². The molecule has 0 aliphatic carbocycles. The summed E-state index contributed by atoms with van der Waals surface area (Å²) in [5.74, 6) is 1.04. The number of aliphatic hydroxyl groups excluding tert-OH is 1. The Hall–Kier alpha value is -3.58. The maximum Gasteiger partial charge on any atom is 0.260 e. The molecule has 6 rings (SSSR count). The molecule has 286 valence electrons. The molecule has 2 heterocycles. The van der Waals surface area contributed by atoms with Gasteiger partial charge in [0.05, 0.1) is 21.0 Å². The number of nitrogens with one attached hydrogen (secondary N) is 1. The Bertz CT molecular complexity index is 1820. The van der Waals surface area contributed by atoms with Crippen molar-refractivity contribution in [3.63, 3.8) is 0 Å². The highest BCUT2D eigenvalue weighted by atomic mass is 79.9. The molecule has 9 nitrogen and oxygen atoms in total. The monoisotopic (exact) mass is 861 g/mol. The molecule has 2 atom stereocenters. The van der Waals surface area contributed by atoms with Gasteiger partial charge in [-0.2, -0.15) is 0 Å². The van der Waals surface area contributed by atoms with Crippen LogP contribution in [0.1, 0.15) is 71.9 Å². The minimum absolute atomic E-state index is 0.103. The van der Waals surface area contributed by atoms with Crippen molar-refractivity contribution >= 4 is 43.6 Å². The van der Waals surface area contributed by atoms with Crippen molar-refractivity contribution in [3.05, 3.63) is 115 Å². The van der Waals surface area contributed by atoms with E-state index in [0.717, 1.165) is 117 Å². The standard InChI is InChI=1S/C43H49Br2N3O6/c1-28-32(26-53-41-17-15-30(21-36(41)44)23-47-19-5-3-13-38(47)40(50)25-49)9-7-11-34(28)35-12-8-10-33(29(35)2)27-54-42-18-16-31(22-37(42)45)24-48-20-6-4-14-39(48)43(51)46-52/h7-12,15-18,21-22,38-39,49,52H,3-6,13-14,19-20,23-27H2,1-2H3,(H,46,51)/t38-,39-/m0/s1. The summed E-state index contributed by atoms with van der Waals surface area (Å²) in [5.41, 5.74) is 10.8. The zero-order chi connectivity index (χ0) is 38.2. The van der Waals surface area contributed by atoms with Gasteiger partial charge in [-0.25, -0.2) is 5.48 Å². The number of benzene rings is 4. The van der Waals surface area contributed by atoms with Gasteiger partial charge in [-0.05, 0) is 153 Å². The summed E-state index contributed by atoms with van der Waals surface area (Å²) < 4.78 is 14.4. The summed E-state index contributed by atoms with van der Waals surface area (Å²) >= 11 is 7.41. The normalized spacial score (nSPS) is 18.0. The van der Waals surface area contributed by atoms with E-state index < -0.39 is 6.61 Å². The lowest BCUT2D eigenvalue weighted by atomic mass is 9.92. The number of ketones is 1. The molecule has 54 heavy (non-hydrogen) atoms. The van der Waals surface area contributed by atoms with Crippen LogP contribution in [0, 0.1) is 13.8 Å². The SMILES string of the molecule is Cc1c(COc2ccc(CN3CCCC[C@H]3C(=O)CO)cc2Br)cccc1-c1cccc(COc2ccc(CN3CCCC[C@H]3C(=O)NO)cc2Br)c1C. The smallest absolute Gasteiger partial charge is 0.260 e. The van der Waals surface area contributed by atoms with E-state index in [-0.39, 0.29) is 23.8 Å². The Morgan fingerprint density at radius 2 is 1.20 bits per heavy atom. The number of rotatable bonds is 14. The number of carbonyl (C=O) groups is 2. The fraction of sp³-hybridized carbons (Fsp3) is 0.395. The molecular weight excluding hydrogens is 814 g/mol. The number of likely N-dealkylation sites (tertiary alicyclic amines) is 2. The second kappa shape index (κ2) is 18.8. The van der Waals surface area contributed by atoms with Crippen LogP contribution in [0.2, 0.25) is 0 Å². The first-order valence-electron chi connectivity index (χ1n) is 18.7. The van der Waals surface area contributed by atoms with E-state index in [4.69, 9.17) is 9.47 Å². The van der Waals surface area contributed by atoms with Crippen LogP contribution in [0.3, 0.4) is 0 Å². The molecule has 1 amide bonds. The third-order valence-corrected chi connectivity index (χ3v) is 12.1. The van der Waals surface area contributed by atoms with Gasteiger partial charge in [0.25, 0.3) is 5.91 Å². The summed E-state index contributed by atoms with van der Waals surface area (Å²) in [7, 11) is 0. The van der Waals surface area contributed by atoms with Crippen molar-refractivity contribution in [2.24, 2.45) is 0 Å². The Kier molecular flexibility index (Phi) is 14.0. The number of aliphatic hydroxyl groups is 1. The van der Waals surface area contributed by atoms with Crippen LogP contribution in [0.25, 0.3) is 11.1 Å². The summed E-state index contributed by atoms with van der Waals surface area (Å²) in [6, 6.07) is 24.2. The van der Waals surface area contributed by atoms with Crippen molar-refractivity contribution < 1.29 is 29.4 Å². The molecular formula is C43H49Br2N3O6. The minimum Gasteiger partial charge on any atom is -0.488 e. The molecule has 2 aliphatic rings. The van der Waals surface area contributed by atoms with Crippen molar-refractivity contribution in [1.29, 1.82) is 0 Å². The topological polar surface area (TPSA) is 112 Å². The molecule has 4 aromatic carbocycles. The minimum atomic E-state index is -0.413. The number of amides is 1. The number of piperidine rings is 2. The number of hydrogen-bond donors (Lipinski definition) is 3. The summed E-state index contributed by atoms with van der Waals surface area (Å²) in [4.78, 5) is 28.8. The van der Waals surface area contributed by atoms with E-state index in [0.29, 0.717) is 26.3 Å². The van der Waals surface area contributed by atoms with Gasteiger partial charge < -0.3 is 14.6 Å². The first-order chi connectivity index (χ1) is 26.2. The largest absolute Gasteiger partial charge is 0.488 e. The number of halogens is 2. The molecule has 0 spiro atoms. The van der Waals surface area contributed by atoms with Crippen molar-refractivity contribution in [3.8, 4) is 22.6 Å². The van der Waals surface area contributed by atoms with Crippen LogP contribution >= 0.6 is 31.9 Å². The van der Waals surface area contributed by atoms with E-state index >= 15 is 0 Å². The number of nitrogens with zero attached hydrogens (tertiary/aromatic N) is 2. The number of hydrogen-bond acceptors (Lipinski definition) is 8. The maximum absolute atomic E-state index is 12.3. The molecule has 0 radical (unpaired) electrons. The predicted octanol–water partition coefficient (Wildman–Crippen LogP) is 8.43. The molecule has 0 saturated carbocycles. The van der Waals surface area contributed by atoms with Gasteiger partial charge in [-0.1, -0.05) is 61.4 Å². The molecule has 0 unspecified atom stereocenters. The highest BCUT2D eigenvalue weighted by Crippen LogP contribution is 2.34. The third-order valence-electron chi connectivity index (χ3n) is 10.9. The lowest BCUT2D eigenvalue weighted by Crippen LogP contribution is -2.48. The first-order valence-corrected chi connectivity index (χ1v) is 20.3. The van der Waals surface area contributed by atoms with E-state index in [1.807, 2.05) is 35.8 Å². The number of ether oxygens (including phenoxy) is 2. The highest BCUT2D eigenvalue weighted by molar-refractivity contribution is 9.11. The molecule has 2 saturated heterocycles. The van der Waals surface area contributed by atoms with Crippen molar-refractivity contribution in [2.45, 2.75) is 90.8 Å². The summed E-state index contributed by atoms with van der Waals surface area (Å²) in [5, 5.41) is 18.6. The van der Waals surface area contributed by atoms with Crippen molar-refractivity contribution in [2.75, 3.05) is 19.7 Å². The zero-order valence-corrected chi connectivity index (χ0v) is 34.1. The van der Waals surface area contributed by atoms with Crippen molar-refractivity contribution in [1.82, 2.24) is 15.3 Å². The Labute approximate surface area is 334 Å². The van der Waals surface area contributed by atoms with Crippen LogP contribution in [-0.4, -0.2) is 63.6 Å². The molecule has 4 aromatic rings. The van der Waals surface area contributed by atoms with Gasteiger partial charge in [0.1, 0.15) is 31.3 Å². The highest BCUT2D eigenvalue weighted by Gasteiger charge is 2.29. The fourth-order valence-corrected chi connectivity index (χ4v) is 8.85. The molecule has 11 heteroatoms. The van der Waals surface area contributed by atoms with Gasteiger partial charge in [0.15, 0.2) is 5.78 Å². The molecule has 2 fully saturated rings. The fourth-order valence-electron chi connectivity index (χ4n) is 7.76. The average Bonchev–Trinajstić information content (AvgIpc) is 3.18. The molecule has 0 aromatic heterocycles. The number of Topliss-reactive ketones (excluding diaryl/α,β-unsaturated/α-hetero) is 1. The Balaban J connectivity index is 1.09. The van der Waals surface area contributed by atoms with Crippen LogP contribution in [0.5, 0.6) is 11.5 Å². The van der Waals surface area contributed by atoms with Crippen LogP contribution in [0.15, 0.2) is 81.7 Å². The van der Waals surface area contributed by atoms with E-state index in [1.165, 1.54) is 0 Å². The van der Waals surface area contributed by atoms with Crippen LogP contribution < -0.4 is 15.0 Å². The molecule has 3 N–H and O–H groups in total. The van der Waals surface area contributed by atoms with Gasteiger partial charge in [0, 0.05) is 13.1 Å². The Morgan fingerprint density at radius 3 is 1.67 bits per heavy atom. The lowest BCUT2D eigenvalue weighted by molar-refractivity contribution is -0.136. The number of hydroxylamine groups is 1. The first kappa shape index (κ1) is 40.1. The average molecular weight is 864 g/mol. The maximum atomic E-state index is 12.3. The van der Waals surface area contributed by atoms with Gasteiger partial charge in [-0.15, -0.1) is 0 Å². The second-order valence-electron chi connectivity index (χ2n) is 14.4. The van der Waals surface area contributed by atoms with E-state index in [1.54, 1.807) is 0 Å². The molecule has 2 aliphatic heterocycles. The second-order valence-corrected chi connectivity index (χ2v) is 16.1. The third kappa shape index (κ3) is 9.61. The summed E-state index contributed by atoms with van der Waals surface area (Å²) in [6.45, 7) is 7.60. The van der Waals surface area contributed by atoms with Gasteiger partial charge in [-0.3, -0.25) is 24.6 Å². The van der Waals surface area contributed by atoms with E-state index in [2.05, 4.69) is 98.0 Å². The lowest BCUT2D eigenvalue weighted by Gasteiger charge is -2.34. The van der Waals surface area contributed by atoms with Gasteiger partial charge in [0.2, 0.25) is 0 Å². The van der Waals surface area contributed by atoms with Crippen LogP contribution in [0.4, 0.5) is 0 Å². The summed E-state index contributed by atoms with van der Waals surface area (Å²) in [6.07, 6.45) is 5.59. The number of carbonyl (C=O) groups excluding carboxylic acids is 2. The quantitative estimate of drug-likeness (QED) is 0.0857. The van der Waals surface area contributed by atoms with Gasteiger partial charge >= 0.3 is 0 Å². The Morgan fingerprint density at radius 1 is 0.722 bits per heavy atom.